The third-order valence-electron chi connectivity index (χ3n) is 3.52. The number of fused-ring (bicyclic) bond motifs is 1. The number of hydrogen-bond acceptors (Lipinski definition) is 4. The van der Waals surface area contributed by atoms with Gasteiger partial charge in [0, 0.05) is 5.02 Å². The molecule has 0 aliphatic carbocycles. The van der Waals surface area contributed by atoms with Crippen LogP contribution in [-0.2, 0) is 6.54 Å². The molecule has 3 rings (SSSR count). The van der Waals surface area contributed by atoms with Gasteiger partial charge >= 0.3 is 0 Å². The van der Waals surface area contributed by atoms with Crippen molar-refractivity contribution in [2.75, 3.05) is 13.2 Å². The van der Waals surface area contributed by atoms with Gasteiger partial charge in [-0.15, -0.1) is 0 Å². The molecule has 0 unspecified atom stereocenters. The lowest BCUT2D eigenvalue weighted by Gasteiger charge is -2.09. The highest BCUT2D eigenvalue weighted by Crippen LogP contribution is 2.17. The highest BCUT2D eigenvalue weighted by molar-refractivity contribution is 6.31. The zero-order valence-electron chi connectivity index (χ0n) is 13.2. The summed E-state index contributed by atoms with van der Waals surface area (Å²) in [5.41, 5.74) is 0.505. The lowest BCUT2D eigenvalue weighted by Crippen LogP contribution is -2.23. The van der Waals surface area contributed by atoms with Crippen LogP contribution in [0.15, 0.2) is 53.6 Å². The van der Waals surface area contributed by atoms with Gasteiger partial charge in [-0.3, -0.25) is 9.36 Å². The number of hydrogen-bond donors (Lipinski definition) is 0. The minimum atomic E-state index is -0.127. The van der Waals surface area contributed by atoms with Gasteiger partial charge in [0.05, 0.1) is 30.4 Å². The van der Waals surface area contributed by atoms with E-state index in [1.54, 1.807) is 18.2 Å². The molecule has 0 fully saturated rings. The molecule has 0 bridgehead atoms. The van der Waals surface area contributed by atoms with Gasteiger partial charge in [-0.05, 0) is 49.4 Å². The Morgan fingerprint density at radius 2 is 1.79 bits per heavy atom. The Kier molecular flexibility index (Phi) is 5.01. The number of aromatic nitrogens is 2. The summed E-state index contributed by atoms with van der Waals surface area (Å²) in [5.74, 6) is 1.53. The molecule has 0 N–H and O–H groups in total. The average Bonchev–Trinajstić information content (AvgIpc) is 2.59. The Bertz CT molecular complexity index is 891. The minimum absolute atomic E-state index is 0.127. The zero-order chi connectivity index (χ0) is 16.9. The van der Waals surface area contributed by atoms with Crippen molar-refractivity contribution in [1.82, 2.24) is 9.55 Å². The van der Waals surface area contributed by atoms with E-state index in [0.717, 1.165) is 11.5 Å². The molecule has 3 aromatic rings. The predicted octanol–water partition coefficient (Wildman–Crippen LogP) is 3.53. The molecule has 2 aromatic carbocycles. The predicted molar refractivity (Wildman–Crippen MR) is 94.1 cm³/mol. The Hall–Kier alpha value is -2.53. The summed E-state index contributed by atoms with van der Waals surface area (Å²) in [6, 6.07) is 12.5. The van der Waals surface area contributed by atoms with Crippen LogP contribution in [0, 0.1) is 0 Å². The van der Waals surface area contributed by atoms with E-state index in [9.17, 15) is 4.79 Å². The van der Waals surface area contributed by atoms with Crippen LogP contribution in [0.1, 0.15) is 6.92 Å². The van der Waals surface area contributed by atoms with E-state index in [0.29, 0.717) is 35.7 Å². The smallest absolute Gasteiger partial charge is 0.261 e. The van der Waals surface area contributed by atoms with Crippen LogP contribution < -0.4 is 15.0 Å². The Balaban J connectivity index is 1.67. The molecule has 0 amide bonds. The Labute approximate surface area is 144 Å². The maximum atomic E-state index is 12.4. The van der Waals surface area contributed by atoms with Crippen molar-refractivity contribution in [3.05, 3.63) is 64.2 Å². The third kappa shape index (κ3) is 3.68. The maximum Gasteiger partial charge on any atom is 0.261 e. The second kappa shape index (κ2) is 7.36. The van der Waals surface area contributed by atoms with E-state index >= 15 is 0 Å². The molecular weight excluding hydrogens is 328 g/mol. The molecule has 0 spiro atoms. The molecule has 0 aliphatic rings. The Morgan fingerprint density at radius 3 is 2.50 bits per heavy atom. The van der Waals surface area contributed by atoms with Gasteiger partial charge in [0.1, 0.15) is 18.1 Å². The molecule has 1 aromatic heterocycles. The molecule has 0 atom stereocenters. The molecule has 24 heavy (non-hydrogen) atoms. The second-order valence-electron chi connectivity index (χ2n) is 5.16. The van der Waals surface area contributed by atoms with Crippen LogP contribution in [0.4, 0.5) is 0 Å². The summed E-state index contributed by atoms with van der Waals surface area (Å²) in [6.45, 7) is 3.33. The van der Waals surface area contributed by atoms with Crippen LogP contribution in [0.3, 0.4) is 0 Å². The summed E-state index contributed by atoms with van der Waals surface area (Å²) in [5, 5.41) is 1.02. The fourth-order valence-corrected chi connectivity index (χ4v) is 2.52. The van der Waals surface area contributed by atoms with Crippen LogP contribution in [0.2, 0.25) is 5.02 Å². The van der Waals surface area contributed by atoms with Crippen molar-refractivity contribution in [2.45, 2.75) is 13.5 Å². The van der Waals surface area contributed by atoms with Crippen LogP contribution >= 0.6 is 11.6 Å². The van der Waals surface area contributed by atoms with Crippen molar-refractivity contribution < 1.29 is 9.47 Å². The van der Waals surface area contributed by atoms with Crippen molar-refractivity contribution in [1.29, 1.82) is 0 Å². The van der Waals surface area contributed by atoms with E-state index in [1.807, 2.05) is 31.2 Å². The SMILES string of the molecule is CCOc1ccc(OCCn2cnc3ccc(Cl)cc3c2=O)cc1. The van der Waals surface area contributed by atoms with Crippen molar-refractivity contribution in [3.8, 4) is 11.5 Å². The van der Waals surface area contributed by atoms with E-state index in [-0.39, 0.29) is 5.56 Å². The van der Waals surface area contributed by atoms with Gasteiger partial charge in [-0.2, -0.15) is 0 Å². The lowest BCUT2D eigenvalue weighted by atomic mass is 10.2. The topological polar surface area (TPSA) is 53.4 Å². The first-order valence-corrected chi connectivity index (χ1v) is 8.05. The first-order valence-electron chi connectivity index (χ1n) is 7.68. The number of nitrogens with zero attached hydrogens (tertiary/aromatic N) is 2. The number of benzene rings is 2. The standard InChI is InChI=1S/C18H17ClN2O3/c1-2-23-14-4-6-15(7-5-14)24-10-9-21-12-20-17-8-3-13(19)11-16(17)18(21)22/h3-8,11-12H,2,9-10H2,1H3. The van der Waals surface area contributed by atoms with E-state index in [2.05, 4.69) is 4.98 Å². The lowest BCUT2D eigenvalue weighted by molar-refractivity contribution is 0.294. The van der Waals surface area contributed by atoms with Crippen LogP contribution in [0.25, 0.3) is 10.9 Å². The van der Waals surface area contributed by atoms with E-state index in [4.69, 9.17) is 21.1 Å². The van der Waals surface area contributed by atoms with Crippen LogP contribution in [0.5, 0.6) is 11.5 Å². The molecule has 0 radical (unpaired) electrons. The first kappa shape index (κ1) is 16.3. The number of halogens is 1. The molecule has 124 valence electrons. The van der Waals surface area contributed by atoms with Gasteiger partial charge in [0.2, 0.25) is 0 Å². The third-order valence-corrected chi connectivity index (χ3v) is 3.76. The normalized spacial score (nSPS) is 10.8. The minimum Gasteiger partial charge on any atom is -0.494 e. The largest absolute Gasteiger partial charge is 0.494 e. The summed E-state index contributed by atoms with van der Waals surface area (Å²) in [6.07, 6.45) is 1.53. The van der Waals surface area contributed by atoms with Crippen molar-refractivity contribution in [3.63, 3.8) is 0 Å². The number of rotatable bonds is 6. The summed E-state index contributed by atoms with van der Waals surface area (Å²) in [4.78, 5) is 16.7. The fraction of sp³-hybridized carbons (Fsp3) is 0.222. The van der Waals surface area contributed by atoms with Gasteiger partial charge in [-0.25, -0.2) is 4.98 Å². The highest BCUT2D eigenvalue weighted by atomic mass is 35.5. The highest BCUT2D eigenvalue weighted by Gasteiger charge is 2.05. The summed E-state index contributed by atoms with van der Waals surface area (Å²) < 4.78 is 12.6. The molecule has 0 saturated carbocycles. The summed E-state index contributed by atoms with van der Waals surface area (Å²) in [7, 11) is 0. The monoisotopic (exact) mass is 344 g/mol. The quantitative estimate of drug-likeness (QED) is 0.686. The second-order valence-corrected chi connectivity index (χ2v) is 5.59. The molecular formula is C18H17ClN2O3. The van der Waals surface area contributed by atoms with Gasteiger partial charge < -0.3 is 9.47 Å². The van der Waals surface area contributed by atoms with Gasteiger partial charge in [0.15, 0.2) is 0 Å². The zero-order valence-corrected chi connectivity index (χ0v) is 14.0. The fourth-order valence-electron chi connectivity index (χ4n) is 2.35. The average molecular weight is 345 g/mol. The van der Waals surface area contributed by atoms with E-state index < -0.39 is 0 Å². The number of ether oxygens (including phenoxy) is 2. The first-order chi connectivity index (χ1) is 11.7. The van der Waals surface area contributed by atoms with Gasteiger partial charge in [-0.1, -0.05) is 11.6 Å². The van der Waals surface area contributed by atoms with Gasteiger partial charge in [0.25, 0.3) is 5.56 Å². The van der Waals surface area contributed by atoms with Crippen molar-refractivity contribution in [2.24, 2.45) is 0 Å². The molecule has 6 heteroatoms. The molecule has 5 nitrogen and oxygen atoms in total. The molecule has 0 saturated heterocycles. The molecule has 0 aliphatic heterocycles. The van der Waals surface area contributed by atoms with Crippen LogP contribution in [-0.4, -0.2) is 22.8 Å². The molecule has 1 heterocycles. The summed E-state index contributed by atoms with van der Waals surface area (Å²) >= 11 is 5.95. The Morgan fingerprint density at radius 1 is 1.08 bits per heavy atom. The maximum absolute atomic E-state index is 12.4. The van der Waals surface area contributed by atoms with E-state index in [1.165, 1.54) is 10.9 Å². The van der Waals surface area contributed by atoms with Crippen molar-refractivity contribution >= 4 is 22.5 Å².